The molecule has 1 saturated heterocycles. The van der Waals surface area contributed by atoms with Crippen LogP contribution in [-0.4, -0.2) is 43.4 Å². The molecule has 0 radical (unpaired) electrons. The number of benzene rings is 1. The molecule has 0 aliphatic carbocycles. The minimum absolute atomic E-state index is 0.0750. The Morgan fingerprint density at radius 3 is 2.64 bits per heavy atom. The molecule has 0 spiro atoms. The number of nitrogens with two attached hydrogens (primary N) is 1. The molecule has 8 heteroatoms. The lowest BCUT2D eigenvalue weighted by Crippen LogP contribution is -2.39. The minimum atomic E-state index is -0.139. The Hall–Kier alpha value is -4.07. The van der Waals surface area contributed by atoms with Crippen molar-refractivity contribution in [3.05, 3.63) is 82.4 Å². The van der Waals surface area contributed by atoms with Crippen LogP contribution in [0.15, 0.2) is 65.6 Å². The molecule has 1 fully saturated rings. The summed E-state index contributed by atoms with van der Waals surface area (Å²) in [6.07, 6.45) is 3.40. The Morgan fingerprint density at radius 1 is 1.03 bits per heavy atom. The first-order valence-electron chi connectivity index (χ1n) is 10.9. The molecule has 33 heavy (non-hydrogen) atoms. The maximum absolute atomic E-state index is 13.1. The number of nitrogens with zero attached hydrogens (tertiary/aromatic N) is 5. The molecular formula is C25H24N6O2. The van der Waals surface area contributed by atoms with E-state index < -0.39 is 0 Å². The lowest BCUT2D eigenvalue weighted by molar-refractivity contribution is 0.0705. The van der Waals surface area contributed by atoms with Gasteiger partial charge in [0.25, 0.3) is 5.91 Å². The highest BCUT2D eigenvalue weighted by atomic mass is 16.2. The van der Waals surface area contributed by atoms with Gasteiger partial charge in [0, 0.05) is 49.6 Å². The van der Waals surface area contributed by atoms with Crippen LogP contribution in [0.25, 0.3) is 22.4 Å². The number of carbonyl (C=O) groups excluding carboxylic acids is 1. The minimum Gasteiger partial charge on any atom is -0.383 e. The lowest BCUT2D eigenvalue weighted by atomic mass is 9.93. The van der Waals surface area contributed by atoms with Crippen molar-refractivity contribution in [3.63, 3.8) is 0 Å². The van der Waals surface area contributed by atoms with Crippen molar-refractivity contribution in [2.45, 2.75) is 18.8 Å². The number of aromatic nitrogens is 4. The molecule has 3 aromatic heterocycles. The number of carbonyl (C=O) groups is 1. The predicted octanol–water partition coefficient (Wildman–Crippen LogP) is 2.99. The van der Waals surface area contributed by atoms with E-state index in [1.165, 1.54) is 10.6 Å². The maximum atomic E-state index is 13.1. The van der Waals surface area contributed by atoms with Crippen molar-refractivity contribution in [2.75, 3.05) is 18.8 Å². The number of nitrogen functional groups attached to an aromatic ring is 1. The van der Waals surface area contributed by atoms with Crippen LogP contribution in [0.2, 0.25) is 0 Å². The highest BCUT2D eigenvalue weighted by molar-refractivity contribution is 5.94. The summed E-state index contributed by atoms with van der Waals surface area (Å²) in [5, 5.41) is 0.715. The number of hydrogen-bond donors (Lipinski definition) is 1. The van der Waals surface area contributed by atoms with Crippen LogP contribution in [0.4, 0.5) is 5.82 Å². The van der Waals surface area contributed by atoms with Crippen LogP contribution < -0.4 is 11.3 Å². The number of anilines is 1. The molecule has 1 atom stereocenters. The molecule has 1 aliphatic rings. The van der Waals surface area contributed by atoms with Gasteiger partial charge in [-0.25, -0.2) is 15.0 Å². The van der Waals surface area contributed by atoms with Crippen LogP contribution in [0.5, 0.6) is 0 Å². The normalized spacial score (nSPS) is 16.2. The predicted molar refractivity (Wildman–Crippen MR) is 127 cm³/mol. The molecule has 1 aliphatic heterocycles. The number of amides is 1. The first-order valence-corrected chi connectivity index (χ1v) is 10.9. The first kappa shape index (κ1) is 20.8. The summed E-state index contributed by atoms with van der Waals surface area (Å²) >= 11 is 0. The number of likely N-dealkylation sites (tertiary alicyclic amines) is 1. The third-order valence-corrected chi connectivity index (χ3v) is 6.10. The third-order valence-electron chi connectivity index (χ3n) is 6.10. The summed E-state index contributed by atoms with van der Waals surface area (Å²) in [5.41, 5.74) is 8.90. The zero-order chi connectivity index (χ0) is 22.9. The first-order chi connectivity index (χ1) is 16.0. The van der Waals surface area contributed by atoms with Crippen LogP contribution in [0, 0.1) is 0 Å². The fraction of sp³-hybridized carbons (Fsp3) is 0.240. The van der Waals surface area contributed by atoms with E-state index in [-0.39, 0.29) is 17.4 Å². The zero-order valence-corrected chi connectivity index (χ0v) is 18.3. The van der Waals surface area contributed by atoms with E-state index >= 15 is 0 Å². The van der Waals surface area contributed by atoms with Gasteiger partial charge in [-0.05, 0) is 31.0 Å². The summed E-state index contributed by atoms with van der Waals surface area (Å²) in [7, 11) is 1.65. The quantitative estimate of drug-likeness (QED) is 0.525. The number of rotatable bonds is 3. The van der Waals surface area contributed by atoms with Gasteiger partial charge in [0.1, 0.15) is 5.82 Å². The lowest BCUT2D eigenvalue weighted by Gasteiger charge is -2.32. The van der Waals surface area contributed by atoms with Gasteiger partial charge in [0.05, 0.1) is 10.9 Å². The fourth-order valence-corrected chi connectivity index (χ4v) is 4.30. The van der Waals surface area contributed by atoms with Gasteiger partial charge in [0.15, 0.2) is 11.5 Å². The van der Waals surface area contributed by atoms with Crippen molar-refractivity contribution < 1.29 is 4.79 Å². The molecule has 4 aromatic rings. The SMILES string of the molecule is Cn1cc(C(=O)N2CCC[C@H](c3ccc4c(N)nc(-c5ccccc5)nc4n3)C2)ccc1=O. The summed E-state index contributed by atoms with van der Waals surface area (Å²) in [6.45, 7) is 1.24. The van der Waals surface area contributed by atoms with Crippen LogP contribution in [0.1, 0.15) is 34.8 Å². The zero-order valence-electron chi connectivity index (χ0n) is 18.3. The van der Waals surface area contributed by atoms with E-state index in [1.54, 1.807) is 19.3 Å². The van der Waals surface area contributed by atoms with Crippen molar-refractivity contribution in [3.8, 4) is 11.4 Å². The van der Waals surface area contributed by atoms with Crippen molar-refractivity contribution in [1.29, 1.82) is 0 Å². The Balaban J connectivity index is 1.44. The van der Waals surface area contributed by atoms with Gasteiger partial charge in [-0.1, -0.05) is 30.3 Å². The molecule has 5 rings (SSSR count). The van der Waals surface area contributed by atoms with Gasteiger partial charge in [-0.15, -0.1) is 0 Å². The summed E-state index contributed by atoms with van der Waals surface area (Å²) < 4.78 is 1.42. The molecule has 0 bridgehead atoms. The van der Waals surface area contributed by atoms with E-state index in [4.69, 9.17) is 10.7 Å². The van der Waals surface area contributed by atoms with Gasteiger partial charge < -0.3 is 15.2 Å². The average Bonchev–Trinajstić information content (AvgIpc) is 2.85. The van der Waals surface area contributed by atoms with Crippen molar-refractivity contribution >= 4 is 22.8 Å². The second-order valence-electron chi connectivity index (χ2n) is 8.36. The van der Waals surface area contributed by atoms with Crippen LogP contribution in [-0.2, 0) is 7.05 Å². The van der Waals surface area contributed by atoms with E-state index in [2.05, 4.69) is 9.97 Å². The van der Waals surface area contributed by atoms with Gasteiger partial charge >= 0.3 is 0 Å². The Labute approximate surface area is 190 Å². The topological polar surface area (TPSA) is 107 Å². The van der Waals surface area contributed by atoms with E-state index in [0.29, 0.717) is 41.3 Å². The van der Waals surface area contributed by atoms with Crippen molar-refractivity contribution in [2.24, 2.45) is 7.05 Å². The Morgan fingerprint density at radius 2 is 1.85 bits per heavy atom. The summed E-state index contributed by atoms with van der Waals surface area (Å²) in [5.74, 6) is 0.957. The number of fused-ring (bicyclic) bond motifs is 1. The second-order valence-corrected chi connectivity index (χ2v) is 8.36. The number of aryl methyl sites for hydroxylation is 1. The molecule has 166 valence electrons. The fourth-order valence-electron chi connectivity index (χ4n) is 4.30. The highest BCUT2D eigenvalue weighted by Crippen LogP contribution is 2.29. The third kappa shape index (κ3) is 4.07. The van der Waals surface area contributed by atoms with E-state index in [0.717, 1.165) is 24.1 Å². The molecular weight excluding hydrogens is 416 g/mol. The second kappa shape index (κ2) is 8.46. The van der Waals surface area contributed by atoms with Gasteiger partial charge in [-0.3, -0.25) is 9.59 Å². The molecule has 2 N–H and O–H groups in total. The van der Waals surface area contributed by atoms with E-state index in [1.807, 2.05) is 47.4 Å². The largest absolute Gasteiger partial charge is 0.383 e. The van der Waals surface area contributed by atoms with Crippen LogP contribution in [0.3, 0.4) is 0 Å². The molecule has 1 aromatic carbocycles. The van der Waals surface area contributed by atoms with Gasteiger partial charge in [-0.2, -0.15) is 0 Å². The van der Waals surface area contributed by atoms with Crippen molar-refractivity contribution in [1.82, 2.24) is 24.4 Å². The molecule has 0 saturated carbocycles. The summed E-state index contributed by atoms with van der Waals surface area (Å²) in [6, 6.07) is 16.6. The average molecular weight is 441 g/mol. The maximum Gasteiger partial charge on any atom is 0.255 e. The Bertz CT molecular complexity index is 1400. The monoisotopic (exact) mass is 440 g/mol. The number of piperidine rings is 1. The Kier molecular flexibility index (Phi) is 5.34. The molecule has 1 amide bonds. The van der Waals surface area contributed by atoms with Gasteiger partial charge in [0.2, 0.25) is 5.56 Å². The van der Waals surface area contributed by atoms with Crippen LogP contribution >= 0.6 is 0 Å². The molecule has 0 unspecified atom stereocenters. The summed E-state index contributed by atoms with van der Waals surface area (Å²) in [4.78, 5) is 40.5. The molecule has 4 heterocycles. The number of pyridine rings is 2. The molecule has 8 nitrogen and oxygen atoms in total. The smallest absolute Gasteiger partial charge is 0.255 e. The number of hydrogen-bond acceptors (Lipinski definition) is 6. The van der Waals surface area contributed by atoms with E-state index in [9.17, 15) is 9.59 Å². The highest BCUT2D eigenvalue weighted by Gasteiger charge is 2.27. The standard InChI is InChI=1S/C25H24N6O2/c1-30-14-18(9-12-21(30)32)25(33)31-13-5-8-17(15-31)20-11-10-19-22(26)28-23(29-24(19)27-20)16-6-3-2-4-7-16/h2-4,6-7,9-12,14,17H,5,8,13,15H2,1H3,(H2,26,27,28,29)/t17-/m0/s1.